The average molecular weight is 253 g/mol. The summed E-state index contributed by atoms with van der Waals surface area (Å²) in [5.74, 6) is 1.56. The van der Waals surface area contributed by atoms with Gasteiger partial charge in [0.1, 0.15) is 11.5 Å². The molecule has 102 valence electrons. The molecule has 0 aromatic heterocycles. The summed E-state index contributed by atoms with van der Waals surface area (Å²) in [5, 5.41) is 13.1. The molecule has 18 heavy (non-hydrogen) atoms. The number of aliphatic hydroxyl groups is 1. The van der Waals surface area contributed by atoms with E-state index in [1.807, 2.05) is 32.0 Å². The van der Waals surface area contributed by atoms with Gasteiger partial charge in [-0.1, -0.05) is 13.0 Å². The SMILES string of the molecule is CCC(C)(O)CNCc1ccc(OC)cc1OC. The van der Waals surface area contributed by atoms with Gasteiger partial charge in [-0.2, -0.15) is 0 Å². The molecule has 1 aromatic carbocycles. The van der Waals surface area contributed by atoms with Crippen LogP contribution in [-0.4, -0.2) is 31.5 Å². The fourth-order valence-corrected chi connectivity index (χ4v) is 1.59. The number of hydrogen-bond acceptors (Lipinski definition) is 4. The number of methoxy groups -OCH3 is 2. The zero-order valence-electron chi connectivity index (χ0n) is 11.6. The maximum absolute atomic E-state index is 9.90. The first kappa shape index (κ1) is 14.8. The van der Waals surface area contributed by atoms with Gasteiger partial charge in [0.05, 0.1) is 19.8 Å². The van der Waals surface area contributed by atoms with Gasteiger partial charge in [-0.15, -0.1) is 0 Å². The molecule has 4 heteroatoms. The van der Waals surface area contributed by atoms with Crippen LogP contribution in [0.25, 0.3) is 0 Å². The van der Waals surface area contributed by atoms with Gasteiger partial charge in [-0.25, -0.2) is 0 Å². The van der Waals surface area contributed by atoms with Crippen LogP contribution in [0.2, 0.25) is 0 Å². The van der Waals surface area contributed by atoms with Crippen molar-refractivity contribution < 1.29 is 14.6 Å². The Labute approximate surface area is 109 Å². The Morgan fingerprint density at radius 3 is 2.56 bits per heavy atom. The average Bonchev–Trinajstić information content (AvgIpc) is 2.38. The van der Waals surface area contributed by atoms with Gasteiger partial charge in [-0.05, 0) is 19.4 Å². The van der Waals surface area contributed by atoms with Gasteiger partial charge in [0, 0.05) is 24.7 Å². The lowest BCUT2D eigenvalue weighted by Gasteiger charge is -2.22. The summed E-state index contributed by atoms with van der Waals surface area (Å²) in [5.41, 5.74) is 0.380. The normalized spacial score (nSPS) is 14.1. The molecule has 0 radical (unpaired) electrons. The molecular weight excluding hydrogens is 230 g/mol. The monoisotopic (exact) mass is 253 g/mol. The molecule has 1 atom stereocenters. The minimum atomic E-state index is -0.667. The van der Waals surface area contributed by atoms with Crippen LogP contribution >= 0.6 is 0 Å². The smallest absolute Gasteiger partial charge is 0.127 e. The summed E-state index contributed by atoms with van der Waals surface area (Å²) in [6, 6.07) is 5.72. The summed E-state index contributed by atoms with van der Waals surface area (Å²) in [6.07, 6.45) is 0.722. The number of rotatable bonds is 7. The van der Waals surface area contributed by atoms with E-state index in [0.29, 0.717) is 13.1 Å². The maximum Gasteiger partial charge on any atom is 0.127 e. The van der Waals surface area contributed by atoms with Crippen molar-refractivity contribution in [3.05, 3.63) is 23.8 Å². The fourth-order valence-electron chi connectivity index (χ4n) is 1.59. The predicted molar refractivity (Wildman–Crippen MR) is 72.2 cm³/mol. The molecule has 0 amide bonds. The second-order valence-electron chi connectivity index (χ2n) is 4.63. The third-order valence-corrected chi connectivity index (χ3v) is 3.08. The Kier molecular flexibility index (Phi) is 5.44. The Morgan fingerprint density at radius 2 is 2.00 bits per heavy atom. The third kappa shape index (κ3) is 4.20. The molecule has 2 N–H and O–H groups in total. The predicted octanol–water partition coefficient (Wildman–Crippen LogP) is 1.95. The number of ether oxygens (including phenoxy) is 2. The molecule has 0 saturated carbocycles. The second kappa shape index (κ2) is 6.61. The van der Waals surface area contributed by atoms with E-state index in [1.54, 1.807) is 14.2 Å². The molecule has 0 aliphatic rings. The van der Waals surface area contributed by atoms with Crippen molar-refractivity contribution in [3.63, 3.8) is 0 Å². The van der Waals surface area contributed by atoms with E-state index in [0.717, 1.165) is 23.5 Å². The molecule has 0 aliphatic carbocycles. The van der Waals surface area contributed by atoms with Crippen LogP contribution in [0.5, 0.6) is 11.5 Å². The molecule has 0 aliphatic heterocycles. The van der Waals surface area contributed by atoms with Crippen molar-refractivity contribution in [2.75, 3.05) is 20.8 Å². The first-order valence-electron chi connectivity index (χ1n) is 6.16. The molecule has 1 aromatic rings. The van der Waals surface area contributed by atoms with Crippen molar-refractivity contribution in [2.24, 2.45) is 0 Å². The van der Waals surface area contributed by atoms with Gasteiger partial charge < -0.3 is 19.9 Å². The molecule has 0 saturated heterocycles. The summed E-state index contributed by atoms with van der Waals surface area (Å²) in [7, 11) is 3.27. The maximum atomic E-state index is 9.90. The molecule has 4 nitrogen and oxygen atoms in total. The molecule has 0 fully saturated rings. The first-order valence-corrected chi connectivity index (χ1v) is 6.16. The highest BCUT2D eigenvalue weighted by Gasteiger charge is 2.16. The van der Waals surface area contributed by atoms with Crippen molar-refractivity contribution >= 4 is 0 Å². The van der Waals surface area contributed by atoms with Crippen LogP contribution in [0.4, 0.5) is 0 Å². The van der Waals surface area contributed by atoms with E-state index in [9.17, 15) is 5.11 Å². The molecular formula is C14H23NO3. The van der Waals surface area contributed by atoms with E-state index < -0.39 is 5.60 Å². The largest absolute Gasteiger partial charge is 0.497 e. The molecule has 1 rings (SSSR count). The summed E-state index contributed by atoms with van der Waals surface area (Å²) >= 11 is 0. The van der Waals surface area contributed by atoms with Gasteiger partial charge >= 0.3 is 0 Å². The van der Waals surface area contributed by atoms with Gasteiger partial charge in [0.2, 0.25) is 0 Å². The first-order chi connectivity index (χ1) is 8.52. The molecule has 0 spiro atoms. The highest BCUT2D eigenvalue weighted by Crippen LogP contribution is 2.24. The van der Waals surface area contributed by atoms with Crippen LogP contribution in [0.3, 0.4) is 0 Å². The van der Waals surface area contributed by atoms with Crippen molar-refractivity contribution in [3.8, 4) is 11.5 Å². The van der Waals surface area contributed by atoms with E-state index >= 15 is 0 Å². The van der Waals surface area contributed by atoms with E-state index in [1.165, 1.54) is 0 Å². The van der Waals surface area contributed by atoms with Crippen molar-refractivity contribution in [1.82, 2.24) is 5.32 Å². The lowest BCUT2D eigenvalue weighted by Crippen LogP contribution is -2.36. The Bertz CT molecular complexity index is 377. The van der Waals surface area contributed by atoms with Crippen LogP contribution in [0.1, 0.15) is 25.8 Å². The lowest BCUT2D eigenvalue weighted by molar-refractivity contribution is 0.0555. The molecule has 0 bridgehead atoms. The van der Waals surface area contributed by atoms with Crippen LogP contribution < -0.4 is 14.8 Å². The van der Waals surface area contributed by atoms with E-state index in [-0.39, 0.29) is 0 Å². The van der Waals surface area contributed by atoms with Crippen LogP contribution in [0, 0.1) is 0 Å². The van der Waals surface area contributed by atoms with Gasteiger partial charge in [-0.3, -0.25) is 0 Å². The molecule has 1 unspecified atom stereocenters. The van der Waals surface area contributed by atoms with Crippen LogP contribution in [0.15, 0.2) is 18.2 Å². The molecule has 0 heterocycles. The van der Waals surface area contributed by atoms with Gasteiger partial charge in [0.25, 0.3) is 0 Å². The fraction of sp³-hybridized carbons (Fsp3) is 0.571. The van der Waals surface area contributed by atoms with Crippen molar-refractivity contribution in [1.29, 1.82) is 0 Å². The summed E-state index contributed by atoms with van der Waals surface area (Å²) < 4.78 is 10.5. The lowest BCUT2D eigenvalue weighted by atomic mass is 10.0. The number of hydrogen-bond donors (Lipinski definition) is 2. The zero-order valence-corrected chi connectivity index (χ0v) is 11.6. The Hall–Kier alpha value is -1.26. The quantitative estimate of drug-likeness (QED) is 0.780. The minimum absolute atomic E-state index is 0.554. The highest BCUT2D eigenvalue weighted by atomic mass is 16.5. The Morgan fingerprint density at radius 1 is 1.28 bits per heavy atom. The van der Waals surface area contributed by atoms with E-state index in [4.69, 9.17) is 9.47 Å². The Balaban J connectivity index is 2.62. The third-order valence-electron chi connectivity index (χ3n) is 3.08. The van der Waals surface area contributed by atoms with Crippen molar-refractivity contribution in [2.45, 2.75) is 32.4 Å². The summed E-state index contributed by atoms with van der Waals surface area (Å²) in [6.45, 7) is 5.00. The summed E-state index contributed by atoms with van der Waals surface area (Å²) in [4.78, 5) is 0. The highest BCUT2D eigenvalue weighted by molar-refractivity contribution is 5.40. The second-order valence-corrected chi connectivity index (χ2v) is 4.63. The zero-order chi connectivity index (χ0) is 13.6. The van der Waals surface area contributed by atoms with Gasteiger partial charge in [0.15, 0.2) is 0 Å². The topological polar surface area (TPSA) is 50.7 Å². The minimum Gasteiger partial charge on any atom is -0.497 e. The number of nitrogens with one attached hydrogen (secondary N) is 1. The standard InChI is InChI=1S/C14H23NO3/c1-5-14(2,16)10-15-9-11-6-7-12(17-3)8-13(11)18-4/h6-8,15-16H,5,9-10H2,1-4H3. The number of benzene rings is 1. The van der Waals surface area contributed by atoms with E-state index in [2.05, 4.69) is 5.32 Å². The van der Waals surface area contributed by atoms with Crippen LogP contribution in [-0.2, 0) is 6.54 Å².